The molecule has 0 saturated carbocycles. The molecule has 0 aliphatic carbocycles. The smallest absolute Gasteiger partial charge is 0.319 e. The average Bonchev–Trinajstić information content (AvgIpc) is 2.86. The fraction of sp³-hybridized carbons (Fsp3) is 0.263. The van der Waals surface area contributed by atoms with Crippen LogP contribution in [0.2, 0.25) is 5.02 Å². The van der Waals surface area contributed by atoms with Gasteiger partial charge in [-0.25, -0.2) is 4.79 Å². The summed E-state index contributed by atoms with van der Waals surface area (Å²) in [4.78, 5) is 27.1. The van der Waals surface area contributed by atoms with E-state index in [2.05, 4.69) is 5.32 Å². The molecule has 24 heavy (non-hydrogen) atoms. The molecule has 0 spiro atoms. The Labute approximate surface area is 146 Å². The lowest BCUT2D eigenvalue weighted by atomic mass is 9.87. The average molecular weight is 343 g/mol. The molecular formula is C19H19ClN2O2. The zero-order chi connectivity index (χ0) is 17.3. The van der Waals surface area contributed by atoms with E-state index in [0.29, 0.717) is 11.4 Å². The van der Waals surface area contributed by atoms with E-state index < -0.39 is 17.6 Å². The number of urea groups is 1. The van der Waals surface area contributed by atoms with E-state index in [0.717, 1.165) is 11.1 Å². The summed E-state index contributed by atoms with van der Waals surface area (Å²) in [6.45, 7) is 3.71. The van der Waals surface area contributed by atoms with Crippen molar-refractivity contribution in [2.24, 2.45) is 0 Å². The number of imide groups is 1. The van der Waals surface area contributed by atoms with Crippen LogP contribution in [0.3, 0.4) is 0 Å². The molecule has 0 aromatic heterocycles. The number of hydrogen-bond donors (Lipinski definition) is 1. The van der Waals surface area contributed by atoms with E-state index in [9.17, 15) is 9.59 Å². The Hall–Kier alpha value is -2.33. The summed E-state index contributed by atoms with van der Waals surface area (Å²) in [5.74, 6) is -0.242. The highest BCUT2D eigenvalue weighted by Gasteiger charge is 2.52. The highest BCUT2D eigenvalue weighted by Crippen LogP contribution is 2.37. The van der Waals surface area contributed by atoms with Gasteiger partial charge in [0.1, 0.15) is 5.54 Å². The molecule has 1 saturated heterocycles. The third-order valence-corrected chi connectivity index (χ3v) is 5.01. The molecule has 1 heterocycles. The predicted molar refractivity (Wildman–Crippen MR) is 93.7 cm³/mol. The minimum Gasteiger partial charge on any atom is -0.319 e. The van der Waals surface area contributed by atoms with Crippen LogP contribution in [0.5, 0.6) is 0 Å². The maximum Gasteiger partial charge on any atom is 0.325 e. The molecule has 3 amide bonds. The van der Waals surface area contributed by atoms with Crippen molar-refractivity contribution in [3.05, 3.63) is 70.7 Å². The van der Waals surface area contributed by atoms with E-state index in [1.54, 1.807) is 6.07 Å². The molecule has 0 bridgehead atoms. The summed E-state index contributed by atoms with van der Waals surface area (Å²) >= 11 is 6.25. The number of nitrogens with zero attached hydrogens (tertiary/aromatic N) is 1. The predicted octanol–water partition coefficient (Wildman–Crippen LogP) is 4.26. The maximum absolute atomic E-state index is 13.2. The second-order valence-electron chi connectivity index (χ2n) is 5.93. The third kappa shape index (κ3) is 2.47. The van der Waals surface area contributed by atoms with Crippen molar-refractivity contribution in [1.29, 1.82) is 0 Å². The second-order valence-corrected chi connectivity index (χ2v) is 6.33. The van der Waals surface area contributed by atoms with Crippen molar-refractivity contribution in [3.63, 3.8) is 0 Å². The van der Waals surface area contributed by atoms with Gasteiger partial charge in [-0.05, 0) is 30.5 Å². The Balaban J connectivity index is 2.02. The standard InChI is InChI=1S/C19H19ClN2O2/c1-3-19(14-9-5-4-6-10-14)17(23)22(18(24)21-19)13(2)15-11-7-8-12-16(15)20/h4-13H,3H2,1-2H3,(H,21,24)/t13-,19+/m0/s1. The molecule has 5 heteroatoms. The minimum absolute atomic E-state index is 0.242. The van der Waals surface area contributed by atoms with E-state index in [4.69, 9.17) is 11.6 Å². The van der Waals surface area contributed by atoms with Gasteiger partial charge in [-0.3, -0.25) is 9.69 Å². The van der Waals surface area contributed by atoms with Gasteiger partial charge in [0.2, 0.25) is 0 Å². The fourth-order valence-electron chi connectivity index (χ4n) is 3.26. The number of halogens is 1. The number of carbonyl (C=O) groups is 2. The van der Waals surface area contributed by atoms with Crippen LogP contribution in [0.25, 0.3) is 0 Å². The Bertz CT molecular complexity index is 778. The number of hydrogen-bond acceptors (Lipinski definition) is 2. The van der Waals surface area contributed by atoms with E-state index in [1.165, 1.54) is 4.90 Å². The molecule has 0 unspecified atom stereocenters. The monoisotopic (exact) mass is 342 g/mol. The van der Waals surface area contributed by atoms with Gasteiger partial charge in [0.15, 0.2) is 0 Å². The molecule has 1 aliphatic rings. The first kappa shape index (κ1) is 16.5. The zero-order valence-corrected chi connectivity index (χ0v) is 14.4. The lowest BCUT2D eigenvalue weighted by Crippen LogP contribution is -2.43. The molecule has 124 valence electrons. The van der Waals surface area contributed by atoms with Crippen molar-refractivity contribution >= 4 is 23.5 Å². The van der Waals surface area contributed by atoms with Crippen LogP contribution in [0.15, 0.2) is 54.6 Å². The molecule has 4 nitrogen and oxygen atoms in total. The van der Waals surface area contributed by atoms with Crippen LogP contribution >= 0.6 is 11.6 Å². The highest BCUT2D eigenvalue weighted by atomic mass is 35.5. The van der Waals surface area contributed by atoms with Gasteiger partial charge in [-0.2, -0.15) is 0 Å². The summed E-state index contributed by atoms with van der Waals surface area (Å²) in [6.07, 6.45) is 0.479. The van der Waals surface area contributed by atoms with Crippen molar-refractivity contribution in [3.8, 4) is 0 Å². The molecule has 1 aliphatic heterocycles. The van der Waals surface area contributed by atoms with Crippen LogP contribution in [0, 0.1) is 0 Å². The van der Waals surface area contributed by atoms with Crippen molar-refractivity contribution in [2.45, 2.75) is 31.8 Å². The van der Waals surface area contributed by atoms with Gasteiger partial charge < -0.3 is 5.32 Å². The number of carbonyl (C=O) groups excluding carboxylic acids is 2. The Kier molecular flexibility index (Phi) is 4.33. The summed E-state index contributed by atoms with van der Waals surface area (Å²) < 4.78 is 0. The van der Waals surface area contributed by atoms with Gasteiger partial charge >= 0.3 is 6.03 Å². The lowest BCUT2D eigenvalue weighted by Gasteiger charge is -2.27. The topological polar surface area (TPSA) is 49.4 Å². The van der Waals surface area contributed by atoms with Crippen molar-refractivity contribution < 1.29 is 9.59 Å². The summed E-state index contributed by atoms with van der Waals surface area (Å²) in [6, 6.07) is 15.8. The molecule has 2 aromatic rings. The first-order valence-electron chi connectivity index (χ1n) is 7.97. The number of benzene rings is 2. The molecule has 2 atom stereocenters. The second kappa shape index (κ2) is 6.29. The summed E-state index contributed by atoms with van der Waals surface area (Å²) in [5, 5.41) is 3.44. The van der Waals surface area contributed by atoms with E-state index >= 15 is 0 Å². The molecule has 1 N–H and O–H groups in total. The largest absolute Gasteiger partial charge is 0.325 e. The SMILES string of the molecule is CC[C@]1(c2ccccc2)NC(=O)N([C@@H](C)c2ccccc2Cl)C1=O. The lowest BCUT2D eigenvalue weighted by molar-refractivity contribution is -0.133. The summed E-state index contributed by atoms with van der Waals surface area (Å²) in [5.41, 5.74) is 0.524. The van der Waals surface area contributed by atoms with Gasteiger partial charge in [0, 0.05) is 5.02 Å². The molecule has 0 radical (unpaired) electrons. The number of amides is 3. The third-order valence-electron chi connectivity index (χ3n) is 4.66. The van der Waals surface area contributed by atoms with Crippen LogP contribution in [-0.4, -0.2) is 16.8 Å². The maximum atomic E-state index is 13.2. The number of rotatable bonds is 4. The van der Waals surface area contributed by atoms with Crippen molar-refractivity contribution in [2.75, 3.05) is 0 Å². The first-order chi connectivity index (χ1) is 11.5. The van der Waals surface area contributed by atoms with E-state index in [-0.39, 0.29) is 5.91 Å². The Morgan fingerprint density at radius 3 is 2.33 bits per heavy atom. The zero-order valence-electron chi connectivity index (χ0n) is 13.6. The first-order valence-corrected chi connectivity index (χ1v) is 8.35. The van der Waals surface area contributed by atoms with Crippen LogP contribution in [-0.2, 0) is 10.3 Å². The van der Waals surface area contributed by atoms with Crippen LogP contribution in [0.4, 0.5) is 4.79 Å². The Morgan fingerprint density at radius 2 is 1.71 bits per heavy atom. The van der Waals surface area contributed by atoms with Gasteiger partial charge in [-0.15, -0.1) is 0 Å². The van der Waals surface area contributed by atoms with Crippen molar-refractivity contribution in [1.82, 2.24) is 10.2 Å². The van der Waals surface area contributed by atoms with E-state index in [1.807, 2.05) is 62.4 Å². The highest BCUT2D eigenvalue weighted by molar-refractivity contribution is 6.31. The van der Waals surface area contributed by atoms with Gasteiger partial charge in [-0.1, -0.05) is 67.1 Å². The normalized spacial score (nSPS) is 21.7. The molecule has 1 fully saturated rings. The fourth-order valence-corrected chi connectivity index (χ4v) is 3.55. The molecule has 3 rings (SSSR count). The van der Waals surface area contributed by atoms with Gasteiger partial charge in [0.05, 0.1) is 6.04 Å². The van der Waals surface area contributed by atoms with Crippen LogP contribution < -0.4 is 5.32 Å². The molecular weight excluding hydrogens is 324 g/mol. The Morgan fingerprint density at radius 1 is 1.08 bits per heavy atom. The minimum atomic E-state index is -1.02. The number of nitrogens with one attached hydrogen (secondary N) is 1. The quantitative estimate of drug-likeness (QED) is 0.844. The summed E-state index contributed by atoms with van der Waals surface area (Å²) in [7, 11) is 0. The van der Waals surface area contributed by atoms with Crippen LogP contribution in [0.1, 0.15) is 37.4 Å². The van der Waals surface area contributed by atoms with Gasteiger partial charge in [0.25, 0.3) is 5.91 Å². The molecule has 2 aromatic carbocycles.